The minimum absolute atomic E-state index is 0.0171. The summed E-state index contributed by atoms with van der Waals surface area (Å²) in [5, 5.41) is 8.95. The minimum atomic E-state index is -3.70. The largest absolute Gasteiger partial charge is 0.396 e. The summed E-state index contributed by atoms with van der Waals surface area (Å²) >= 11 is 0. The molecule has 0 aliphatic heterocycles. The summed E-state index contributed by atoms with van der Waals surface area (Å²) in [4.78, 5) is 0.149. The molecule has 0 aromatic heterocycles. The van der Waals surface area contributed by atoms with Gasteiger partial charge in [-0.05, 0) is 25.5 Å². The SMILES string of the molecule is CCC(CO)COS(=O)(=O)c1ccc(C)cc1. The lowest BCUT2D eigenvalue weighted by molar-refractivity contribution is 0.163. The molecule has 0 saturated carbocycles. The van der Waals surface area contributed by atoms with E-state index >= 15 is 0 Å². The summed E-state index contributed by atoms with van der Waals surface area (Å²) in [7, 11) is -3.70. The lowest BCUT2D eigenvalue weighted by Crippen LogP contribution is -2.17. The van der Waals surface area contributed by atoms with Gasteiger partial charge in [0.1, 0.15) is 0 Å². The molecule has 1 atom stereocenters. The van der Waals surface area contributed by atoms with Gasteiger partial charge >= 0.3 is 0 Å². The number of hydrogen-bond donors (Lipinski definition) is 1. The fraction of sp³-hybridized carbons (Fsp3) is 0.500. The predicted octanol–water partition coefficient (Wildman–Crippen LogP) is 1.72. The monoisotopic (exact) mass is 258 g/mol. The molecule has 1 unspecified atom stereocenters. The third-order valence-electron chi connectivity index (χ3n) is 2.60. The Bertz CT molecular complexity index is 432. The van der Waals surface area contributed by atoms with Crippen LogP contribution in [0.5, 0.6) is 0 Å². The number of rotatable bonds is 6. The highest BCUT2D eigenvalue weighted by Gasteiger charge is 2.17. The molecule has 1 N–H and O–H groups in total. The van der Waals surface area contributed by atoms with E-state index in [1.807, 2.05) is 13.8 Å². The molecule has 0 spiro atoms. The molecule has 0 radical (unpaired) electrons. The van der Waals surface area contributed by atoms with Gasteiger partial charge in [-0.15, -0.1) is 0 Å². The van der Waals surface area contributed by atoms with E-state index in [2.05, 4.69) is 0 Å². The molecular weight excluding hydrogens is 240 g/mol. The summed E-state index contributed by atoms with van der Waals surface area (Å²) in [6, 6.07) is 6.48. The van der Waals surface area contributed by atoms with E-state index < -0.39 is 10.1 Å². The first kappa shape index (κ1) is 14.2. The average molecular weight is 258 g/mol. The van der Waals surface area contributed by atoms with Gasteiger partial charge in [0.05, 0.1) is 11.5 Å². The van der Waals surface area contributed by atoms with Gasteiger partial charge in [0.2, 0.25) is 0 Å². The highest BCUT2D eigenvalue weighted by molar-refractivity contribution is 7.86. The molecule has 0 fully saturated rings. The van der Waals surface area contributed by atoms with Crippen LogP contribution in [0.25, 0.3) is 0 Å². The molecule has 0 amide bonds. The van der Waals surface area contributed by atoms with Gasteiger partial charge in [0.15, 0.2) is 0 Å². The molecule has 0 heterocycles. The highest BCUT2D eigenvalue weighted by atomic mass is 32.2. The van der Waals surface area contributed by atoms with Crippen LogP contribution >= 0.6 is 0 Å². The first-order chi connectivity index (χ1) is 7.99. The zero-order valence-corrected chi connectivity index (χ0v) is 10.9. The Morgan fingerprint density at radius 2 is 1.88 bits per heavy atom. The predicted molar refractivity (Wildman–Crippen MR) is 65.2 cm³/mol. The second-order valence-electron chi connectivity index (χ2n) is 4.01. The Kier molecular flexibility index (Phi) is 5.11. The molecule has 0 saturated heterocycles. The van der Waals surface area contributed by atoms with E-state index in [1.165, 1.54) is 12.1 Å². The Morgan fingerprint density at radius 1 is 1.29 bits per heavy atom. The first-order valence-corrected chi connectivity index (χ1v) is 6.97. The zero-order valence-electron chi connectivity index (χ0n) is 10.1. The van der Waals surface area contributed by atoms with Gasteiger partial charge in [-0.1, -0.05) is 24.6 Å². The normalized spacial score (nSPS) is 13.6. The van der Waals surface area contributed by atoms with Crippen molar-refractivity contribution in [2.24, 2.45) is 5.92 Å². The van der Waals surface area contributed by atoms with E-state index in [-0.39, 0.29) is 24.0 Å². The van der Waals surface area contributed by atoms with Crippen molar-refractivity contribution in [3.05, 3.63) is 29.8 Å². The van der Waals surface area contributed by atoms with Crippen LogP contribution in [0.4, 0.5) is 0 Å². The van der Waals surface area contributed by atoms with Gasteiger partial charge in [-0.3, -0.25) is 4.18 Å². The number of aliphatic hydroxyl groups is 1. The van der Waals surface area contributed by atoms with Crippen molar-refractivity contribution in [1.82, 2.24) is 0 Å². The van der Waals surface area contributed by atoms with Crippen molar-refractivity contribution >= 4 is 10.1 Å². The third-order valence-corrected chi connectivity index (χ3v) is 3.90. The fourth-order valence-electron chi connectivity index (χ4n) is 1.26. The van der Waals surface area contributed by atoms with Crippen molar-refractivity contribution < 1.29 is 17.7 Å². The molecule has 0 bridgehead atoms. The molecule has 0 aliphatic rings. The van der Waals surface area contributed by atoms with Gasteiger partial charge < -0.3 is 5.11 Å². The maximum absolute atomic E-state index is 11.8. The van der Waals surface area contributed by atoms with Crippen molar-refractivity contribution in [2.45, 2.75) is 25.2 Å². The smallest absolute Gasteiger partial charge is 0.296 e. The zero-order chi connectivity index (χ0) is 12.9. The van der Waals surface area contributed by atoms with Crippen LogP contribution in [0.3, 0.4) is 0 Å². The second-order valence-corrected chi connectivity index (χ2v) is 5.62. The van der Waals surface area contributed by atoms with Gasteiger partial charge in [0, 0.05) is 12.5 Å². The minimum Gasteiger partial charge on any atom is -0.396 e. The van der Waals surface area contributed by atoms with E-state index in [0.717, 1.165) is 5.56 Å². The molecule has 4 nitrogen and oxygen atoms in total. The highest BCUT2D eigenvalue weighted by Crippen LogP contribution is 2.15. The van der Waals surface area contributed by atoms with Crippen LogP contribution in [-0.2, 0) is 14.3 Å². The van der Waals surface area contributed by atoms with Gasteiger partial charge in [0.25, 0.3) is 10.1 Å². The molecular formula is C12H18O4S. The molecule has 17 heavy (non-hydrogen) atoms. The lowest BCUT2D eigenvalue weighted by atomic mass is 10.1. The van der Waals surface area contributed by atoms with E-state index in [0.29, 0.717) is 6.42 Å². The summed E-state index contributed by atoms with van der Waals surface area (Å²) in [5.74, 6) is -0.143. The van der Waals surface area contributed by atoms with Crippen molar-refractivity contribution in [3.8, 4) is 0 Å². The van der Waals surface area contributed by atoms with Crippen LogP contribution in [0.15, 0.2) is 29.2 Å². The molecule has 5 heteroatoms. The Balaban J connectivity index is 2.72. The number of hydrogen-bond acceptors (Lipinski definition) is 4. The Morgan fingerprint density at radius 3 is 2.35 bits per heavy atom. The molecule has 1 aromatic rings. The summed E-state index contributed by atoms with van der Waals surface area (Å²) < 4.78 is 28.5. The van der Waals surface area contributed by atoms with Crippen molar-refractivity contribution in [2.75, 3.05) is 13.2 Å². The maximum atomic E-state index is 11.8. The van der Waals surface area contributed by atoms with E-state index in [1.54, 1.807) is 12.1 Å². The molecule has 0 aliphatic carbocycles. The standard InChI is InChI=1S/C12H18O4S/c1-3-11(8-13)9-16-17(14,15)12-6-4-10(2)5-7-12/h4-7,11,13H,3,8-9H2,1-2H3. The van der Waals surface area contributed by atoms with Crippen LogP contribution in [-0.4, -0.2) is 26.7 Å². The molecule has 1 rings (SSSR count). The lowest BCUT2D eigenvalue weighted by Gasteiger charge is -2.12. The van der Waals surface area contributed by atoms with Crippen LogP contribution in [0.2, 0.25) is 0 Å². The quantitative estimate of drug-likeness (QED) is 0.789. The summed E-state index contributed by atoms with van der Waals surface area (Å²) in [6.45, 7) is 3.71. The second kappa shape index (κ2) is 6.14. The van der Waals surface area contributed by atoms with Crippen LogP contribution in [0, 0.1) is 12.8 Å². The summed E-state index contributed by atoms with van der Waals surface area (Å²) in [6.07, 6.45) is 0.680. The van der Waals surface area contributed by atoms with Crippen LogP contribution < -0.4 is 0 Å². The van der Waals surface area contributed by atoms with E-state index in [4.69, 9.17) is 9.29 Å². The molecule has 1 aromatic carbocycles. The number of aliphatic hydroxyl groups excluding tert-OH is 1. The topological polar surface area (TPSA) is 63.6 Å². The van der Waals surface area contributed by atoms with E-state index in [9.17, 15) is 8.42 Å². The first-order valence-electron chi connectivity index (χ1n) is 5.56. The van der Waals surface area contributed by atoms with Gasteiger partial charge in [-0.2, -0.15) is 8.42 Å². The van der Waals surface area contributed by atoms with Gasteiger partial charge in [-0.25, -0.2) is 0 Å². The third kappa shape index (κ3) is 4.11. The Labute approximate surface area is 102 Å². The number of aryl methyl sites for hydroxylation is 1. The fourth-order valence-corrected chi connectivity index (χ4v) is 2.24. The Hall–Kier alpha value is -0.910. The summed E-state index contributed by atoms with van der Waals surface area (Å²) in [5.41, 5.74) is 0.991. The van der Waals surface area contributed by atoms with Crippen LogP contribution in [0.1, 0.15) is 18.9 Å². The molecule has 96 valence electrons. The van der Waals surface area contributed by atoms with Crippen molar-refractivity contribution in [3.63, 3.8) is 0 Å². The van der Waals surface area contributed by atoms with Crippen molar-refractivity contribution in [1.29, 1.82) is 0 Å². The maximum Gasteiger partial charge on any atom is 0.296 e. The average Bonchev–Trinajstić information content (AvgIpc) is 2.31. The number of benzene rings is 1.